The fraction of sp³-hybridized carbons (Fsp3) is 0.588. The zero-order valence-electron chi connectivity index (χ0n) is 13.6. The number of benzene rings is 1. The number of aryl methyl sites for hydroxylation is 1. The fourth-order valence-corrected chi connectivity index (χ4v) is 3.04. The largest absolute Gasteiger partial charge is 0.379 e. The van der Waals surface area contributed by atoms with E-state index in [2.05, 4.69) is 46.7 Å². The van der Waals surface area contributed by atoms with Gasteiger partial charge in [-0.05, 0) is 12.5 Å². The maximum absolute atomic E-state index is 12.1. The monoisotopic (exact) mass is 339 g/mol. The van der Waals surface area contributed by atoms with Gasteiger partial charge in [0, 0.05) is 32.7 Å². The molecule has 1 unspecified atom stereocenters. The van der Waals surface area contributed by atoms with Crippen LogP contribution in [0, 0.1) is 12.8 Å². The maximum atomic E-state index is 12.1. The predicted molar refractivity (Wildman–Crippen MR) is 92.9 cm³/mol. The van der Waals surface area contributed by atoms with E-state index in [9.17, 15) is 4.79 Å². The predicted octanol–water partition coefficient (Wildman–Crippen LogP) is 1.13. The Bertz CT molecular complexity index is 516. The summed E-state index contributed by atoms with van der Waals surface area (Å²) in [6, 6.07) is 8.80. The minimum atomic E-state index is 0. The van der Waals surface area contributed by atoms with E-state index >= 15 is 0 Å². The zero-order chi connectivity index (χ0) is 15.4. The van der Waals surface area contributed by atoms with Crippen molar-refractivity contribution in [3.8, 4) is 0 Å². The lowest BCUT2D eigenvalue weighted by molar-refractivity contribution is -0.126. The standard InChI is InChI=1S/C17H25N3O2.ClH/c1-13-3-2-4-14(9-13)16(20-5-7-22-8-6-20)12-19-17(21)15-10-18-11-15;/h2-4,9,15-16,18H,5-8,10-12H2,1H3,(H,19,21);1H. The van der Waals surface area contributed by atoms with Crippen LogP contribution >= 0.6 is 12.4 Å². The van der Waals surface area contributed by atoms with Crippen LogP contribution in [0.5, 0.6) is 0 Å². The van der Waals surface area contributed by atoms with Crippen molar-refractivity contribution < 1.29 is 9.53 Å². The number of nitrogens with one attached hydrogen (secondary N) is 2. The number of carbonyl (C=O) groups excluding carboxylic acids is 1. The van der Waals surface area contributed by atoms with Crippen LogP contribution in [0.15, 0.2) is 24.3 Å². The number of halogens is 1. The lowest BCUT2D eigenvalue weighted by Crippen LogP contribution is -2.52. The van der Waals surface area contributed by atoms with E-state index in [0.29, 0.717) is 6.54 Å². The second-order valence-corrected chi connectivity index (χ2v) is 6.18. The summed E-state index contributed by atoms with van der Waals surface area (Å²) >= 11 is 0. The molecule has 1 atom stereocenters. The van der Waals surface area contributed by atoms with Gasteiger partial charge in [-0.15, -0.1) is 12.4 Å². The summed E-state index contributed by atoms with van der Waals surface area (Å²) in [6.45, 7) is 7.75. The van der Waals surface area contributed by atoms with Gasteiger partial charge in [0.2, 0.25) is 5.91 Å². The lowest BCUT2D eigenvalue weighted by Gasteiger charge is -2.35. The van der Waals surface area contributed by atoms with E-state index in [0.717, 1.165) is 39.4 Å². The van der Waals surface area contributed by atoms with E-state index in [1.54, 1.807) is 0 Å². The lowest BCUT2D eigenvalue weighted by atomic mass is 10.0. The van der Waals surface area contributed by atoms with Gasteiger partial charge in [-0.2, -0.15) is 0 Å². The molecule has 6 heteroatoms. The molecular weight excluding hydrogens is 314 g/mol. The molecule has 2 fully saturated rings. The van der Waals surface area contributed by atoms with Crippen molar-refractivity contribution in [1.29, 1.82) is 0 Å². The molecule has 0 saturated carbocycles. The summed E-state index contributed by atoms with van der Waals surface area (Å²) in [7, 11) is 0. The van der Waals surface area contributed by atoms with Crippen LogP contribution in [0.4, 0.5) is 0 Å². The van der Waals surface area contributed by atoms with Gasteiger partial charge in [0.25, 0.3) is 0 Å². The molecule has 2 saturated heterocycles. The van der Waals surface area contributed by atoms with E-state index in [-0.39, 0.29) is 30.3 Å². The summed E-state index contributed by atoms with van der Waals surface area (Å²) in [5.41, 5.74) is 2.53. The first kappa shape index (κ1) is 18.2. The summed E-state index contributed by atoms with van der Waals surface area (Å²) in [6.07, 6.45) is 0. The van der Waals surface area contributed by atoms with Gasteiger partial charge in [0.05, 0.1) is 25.2 Å². The minimum absolute atomic E-state index is 0. The van der Waals surface area contributed by atoms with E-state index in [1.807, 2.05) is 0 Å². The van der Waals surface area contributed by atoms with Crippen molar-refractivity contribution in [1.82, 2.24) is 15.5 Å². The summed E-state index contributed by atoms with van der Waals surface area (Å²) in [5, 5.41) is 6.28. The number of hydrogen-bond donors (Lipinski definition) is 2. The fourth-order valence-electron chi connectivity index (χ4n) is 3.04. The van der Waals surface area contributed by atoms with Crippen LogP contribution in [-0.2, 0) is 9.53 Å². The molecule has 2 aliphatic heterocycles. The molecule has 128 valence electrons. The molecule has 0 spiro atoms. The number of hydrogen-bond acceptors (Lipinski definition) is 4. The Kier molecular flexibility index (Phi) is 6.84. The van der Waals surface area contributed by atoms with Gasteiger partial charge in [0.1, 0.15) is 0 Å². The second-order valence-electron chi connectivity index (χ2n) is 6.18. The van der Waals surface area contributed by atoms with Gasteiger partial charge < -0.3 is 15.4 Å². The molecule has 2 heterocycles. The van der Waals surface area contributed by atoms with E-state index in [1.165, 1.54) is 11.1 Å². The molecular formula is C17H26ClN3O2. The van der Waals surface area contributed by atoms with E-state index < -0.39 is 0 Å². The summed E-state index contributed by atoms with van der Waals surface area (Å²) in [5.74, 6) is 0.313. The van der Waals surface area contributed by atoms with Crippen LogP contribution < -0.4 is 10.6 Å². The van der Waals surface area contributed by atoms with Crippen LogP contribution in [0.2, 0.25) is 0 Å². The Labute approximate surface area is 144 Å². The summed E-state index contributed by atoms with van der Waals surface area (Å²) < 4.78 is 5.46. The van der Waals surface area contributed by atoms with Crippen molar-refractivity contribution in [2.24, 2.45) is 5.92 Å². The maximum Gasteiger partial charge on any atom is 0.225 e. The highest BCUT2D eigenvalue weighted by molar-refractivity contribution is 5.85. The average Bonchev–Trinajstić information content (AvgIpc) is 2.47. The molecule has 1 amide bonds. The molecule has 3 rings (SSSR count). The van der Waals surface area contributed by atoms with Gasteiger partial charge in [-0.1, -0.05) is 29.8 Å². The first-order valence-corrected chi connectivity index (χ1v) is 8.11. The van der Waals surface area contributed by atoms with Gasteiger partial charge in [-0.25, -0.2) is 0 Å². The summed E-state index contributed by atoms with van der Waals surface area (Å²) in [4.78, 5) is 14.5. The van der Waals surface area contributed by atoms with Crippen LogP contribution in [0.25, 0.3) is 0 Å². The normalized spacial score (nSPS) is 20.2. The third-order valence-electron chi connectivity index (χ3n) is 4.54. The number of amides is 1. The van der Waals surface area contributed by atoms with Crippen molar-refractivity contribution in [3.63, 3.8) is 0 Å². The number of morpholine rings is 1. The SMILES string of the molecule is Cc1cccc(C(CNC(=O)C2CNC2)N2CCOCC2)c1.Cl. The number of rotatable bonds is 5. The molecule has 2 N–H and O–H groups in total. The van der Waals surface area contributed by atoms with Crippen molar-refractivity contribution in [3.05, 3.63) is 35.4 Å². The van der Waals surface area contributed by atoms with Crippen molar-refractivity contribution in [2.75, 3.05) is 45.9 Å². The van der Waals surface area contributed by atoms with Crippen LogP contribution in [0.1, 0.15) is 17.2 Å². The molecule has 1 aromatic carbocycles. The first-order chi connectivity index (χ1) is 10.7. The van der Waals surface area contributed by atoms with Crippen LogP contribution in [-0.4, -0.2) is 56.7 Å². The second kappa shape index (κ2) is 8.64. The quantitative estimate of drug-likeness (QED) is 0.844. The highest BCUT2D eigenvalue weighted by atomic mass is 35.5. The van der Waals surface area contributed by atoms with Gasteiger partial charge in [-0.3, -0.25) is 9.69 Å². The number of ether oxygens (including phenoxy) is 1. The third-order valence-corrected chi connectivity index (χ3v) is 4.54. The molecule has 0 aromatic heterocycles. The third kappa shape index (κ3) is 4.67. The zero-order valence-corrected chi connectivity index (χ0v) is 14.4. The number of carbonyl (C=O) groups is 1. The Morgan fingerprint density at radius 2 is 2.13 bits per heavy atom. The van der Waals surface area contributed by atoms with Crippen LogP contribution in [0.3, 0.4) is 0 Å². The Balaban J connectivity index is 0.00000192. The van der Waals surface area contributed by atoms with E-state index in [4.69, 9.17) is 4.74 Å². The Morgan fingerprint density at radius 1 is 1.39 bits per heavy atom. The Morgan fingerprint density at radius 3 is 2.74 bits per heavy atom. The van der Waals surface area contributed by atoms with Gasteiger partial charge >= 0.3 is 0 Å². The molecule has 0 bridgehead atoms. The highest BCUT2D eigenvalue weighted by Crippen LogP contribution is 2.22. The highest BCUT2D eigenvalue weighted by Gasteiger charge is 2.27. The van der Waals surface area contributed by atoms with Crippen molar-refractivity contribution >= 4 is 18.3 Å². The van der Waals surface area contributed by atoms with Crippen molar-refractivity contribution in [2.45, 2.75) is 13.0 Å². The molecule has 1 aromatic rings. The number of nitrogens with zero attached hydrogens (tertiary/aromatic N) is 1. The minimum Gasteiger partial charge on any atom is -0.379 e. The first-order valence-electron chi connectivity index (χ1n) is 8.11. The average molecular weight is 340 g/mol. The molecule has 23 heavy (non-hydrogen) atoms. The topological polar surface area (TPSA) is 53.6 Å². The molecule has 2 aliphatic rings. The van der Waals surface area contributed by atoms with Gasteiger partial charge in [0.15, 0.2) is 0 Å². The molecule has 5 nitrogen and oxygen atoms in total. The Hall–Kier alpha value is -1.14. The molecule has 0 aliphatic carbocycles. The smallest absolute Gasteiger partial charge is 0.225 e. The molecule has 0 radical (unpaired) electrons.